The van der Waals surface area contributed by atoms with Gasteiger partial charge in [-0.05, 0) is 49.4 Å². The van der Waals surface area contributed by atoms with E-state index in [1.165, 1.54) is 10.9 Å². The van der Waals surface area contributed by atoms with Crippen LogP contribution < -0.4 is 16.3 Å². The first-order chi connectivity index (χ1) is 12.5. The second kappa shape index (κ2) is 6.20. The van der Waals surface area contributed by atoms with Crippen LogP contribution in [0.25, 0.3) is 5.69 Å². The van der Waals surface area contributed by atoms with Crippen molar-refractivity contribution >= 4 is 29.5 Å². The van der Waals surface area contributed by atoms with E-state index in [4.69, 9.17) is 11.6 Å². The Balaban J connectivity index is 1.71. The molecule has 4 rings (SSSR count). The third kappa shape index (κ3) is 2.89. The molecule has 0 fully saturated rings. The summed E-state index contributed by atoms with van der Waals surface area (Å²) in [4.78, 5) is 35.7. The first kappa shape index (κ1) is 16.2. The summed E-state index contributed by atoms with van der Waals surface area (Å²) in [6, 6.07) is 11.5. The van der Waals surface area contributed by atoms with Crippen LogP contribution >= 0.6 is 11.6 Å². The molecule has 8 heteroatoms. The number of H-pyrrole nitrogens is 1. The maximum atomic E-state index is 12.7. The Kier molecular flexibility index (Phi) is 3.85. The van der Waals surface area contributed by atoms with Gasteiger partial charge in [-0.3, -0.25) is 14.9 Å². The maximum absolute atomic E-state index is 12.7. The minimum absolute atomic E-state index is 0.218. The molecule has 0 radical (unpaired) electrons. The number of urea groups is 1. The van der Waals surface area contributed by atoms with E-state index in [2.05, 4.69) is 20.1 Å². The summed E-state index contributed by atoms with van der Waals surface area (Å²) in [5.74, 6) is 0. The molecule has 1 N–H and O–H groups in total. The number of hydrogen-bond donors (Lipinski definition) is 1. The number of fused-ring (bicyclic) bond motifs is 1. The quantitative estimate of drug-likeness (QED) is 0.721. The highest BCUT2D eigenvalue weighted by molar-refractivity contribution is 6.30. The summed E-state index contributed by atoms with van der Waals surface area (Å²) < 4.78 is 1.43. The number of aromatic amines is 1. The number of carbonyl (C=O) groups is 1. The van der Waals surface area contributed by atoms with Crippen molar-refractivity contribution in [2.75, 3.05) is 0 Å². The average molecular weight is 366 g/mol. The summed E-state index contributed by atoms with van der Waals surface area (Å²) in [5, 5.41) is 4.63. The normalized spacial score (nSPS) is 12.9. The molecule has 2 amide bonds. The summed E-state index contributed by atoms with van der Waals surface area (Å²) in [6.45, 7) is 1.80. The van der Waals surface area contributed by atoms with E-state index in [-0.39, 0.29) is 5.56 Å². The van der Waals surface area contributed by atoms with E-state index in [0.29, 0.717) is 38.4 Å². The molecule has 0 bridgehead atoms. The Morgan fingerprint density at radius 1 is 1.08 bits per heavy atom. The lowest BCUT2D eigenvalue weighted by Gasteiger charge is -2.00. The topological polar surface area (TPSA) is 91.9 Å². The number of halogens is 1. The number of benzene rings is 2. The summed E-state index contributed by atoms with van der Waals surface area (Å²) in [7, 11) is 0. The van der Waals surface area contributed by atoms with Gasteiger partial charge in [-0.15, -0.1) is 0 Å². The Hall–Kier alpha value is -3.32. The Morgan fingerprint density at radius 3 is 2.58 bits per heavy atom. The Labute approximate surface area is 152 Å². The fourth-order valence-electron chi connectivity index (χ4n) is 2.63. The van der Waals surface area contributed by atoms with E-state index in [9.17, 15) is 9.59 Å². The smallest absolute Gasteiger partial charge is 0.295 e. The van der Waals surface area contributed by atoms with Gasteiger partial charge in [0.2, 0.25) is 0 Å². The molecular weight excluding hydrogens is 354 g/mol. The van der Waals surface area contributed by atoms with Crippen molar-refractivity contribution in [3.63, 3.8) is 0 Å². The van der Waals surface area contributed by atoms with Crippen molar-refractivity contribution in [3.05, 3.63) is 79.8 Å². The molecule has 2 heterocycles. The van der Waals surface area contributed by atoms with Crippen LogP contribution in [0.2, 0.25) is 5.02 Å². The lowest BCUT2D eigenvalue weighted by Crippen LogP contribution is -2.20. The third-order valence-electron chi connectivity index (χ3n) is 3.94. The van der Waals surface area contributed by atoms with Crippen LogP contribution in [0.4, 0.5) is 10.5 Å². The van der Waals surface area contributed by atoms with Gasteiger partial charge >= 0.3 is 6.03 Å². The number of nitrogens with zero attached hydrogens (tertiary/aromatic N) is 4. The zero-order valence-corrected chi connectivity index (χ0v) is 14.4. The molecule has 1 aliphatic rings. The molecule has 128 valence electrons. The molecule has 1 aromatic heterocycles. The summed E-state index contributed by atoms with van der Waals surface area (Å²) in [5.41, 5.74) is 2.17. The van der Waals surface area contributed by atoms with E-state index in [1.807, 2.05) is 0 Å². The Bertz CT molecular complexity index is 1240. The largest absolute Gasteiger partial charge is 0.368 e. The van der Waals surface area contributed by atoms with Crippen LogP contribution in [0.5, 0.6) is 0 Å². The number of rotatable bonds is 3. The molecule has 26 heavy (non-hydrogen) atoms. The fourth-order valence-corrected chi connectivity index (χ4v) is 2.76. The van der Waals surface area contributed by atoms with Gasteiger partial charge in [-0.2, -0.15) is 9.98 Å². The Morgan fingerprint density at radius 2 is 1.81 bits per heavy atom. The number of aliphatic imine (C=N–C) groups is 1. The van der Waals surface area contributed by atoms with E-state index < -0.39 is 6.03 Å². The van der Waals surface area contributed by atoms with Gasteiger partial charge in [0.05, 0.1) is 27.7 Å². The van der Waals surface area contributed by atoms with Crippen LogP contribution in [-0.4, -0.2) is 22.0 Å². The average Bonchev–Trinajstić information content (AvgIpc) is 3.12. The van der Waals surface area contributed by atoms with E-state index >= 15 is 0 Å². The SMILES string of the molecule is Cc1[nH]n(-c2ccc(Cl)cc2)c(=O)c1C=Nc1ccc2c(c1)=NC(=O)N=2. The molecule has 0 unspecified atom stereocenters. The third-order valence-corrected chi connectivity index (χ3v) is 4.19. The second-order valence-electron chi connectivity index (χ2n) is 5.70. The number of amides is 2. The van der Waals surface area contributed by atoms with Crippen molar-refractivity contribution < 1.29 is 4.79 Å². The van der Waals surface area contributed by atoms with Gasteiger partial charge in [-0.25, -0.2) is 9.48 Å². The van der Waals surface area contributed by atoms with E-state index in [1.54, 1.807) is 49.4 Å². The molecule has 2 aromatic carbocycles. The number of carbonyl (C=O) groups excluding carboxylic acids is 1. The molecule has 0 aliphatic carbocycles. The first-order valence-corrected chi connectivity index (χ1v) is 8.12. The highest BCUT2D eigenvalue weighted by atomic mass is 35.5. The van der Waals surface area contributed by atoms with Crippen LogP contribution in [0, 0.1) is 6.92 Å². The fraction of sp³-hybridized carbons (Fsp3) is 0.0556. The van der Waals surface area contributed by atoms with Crippen molar-refractivity contribution in [1.29, 1.82) is 0 Å². The standard InChI is InChI=1S/C18H12ClN5O2/c1-10-14(17(25)24(23-10)13-5-2-11(19)3-6-13)9-20-12-4-7-15-16(8-12)22-18(26)21-15/h2-9,23H,1H3. The predicted octanol–water partition coefficient (Wildman–Crippen LogP) is 2.25. The van der Waals surface area contributed by atoms with Crippen LogP contribution in [0.1, 0.15) is 11.3 Å². The number of nitrogens with one attached hydrogen (secondary N) is 1. The lowest BCUT2D eigenvalue weighted by molar-refractivity contribution is 0.256. The maximum Gasteiger partial charge on any atom is 0.368 e. The van der Waals surface area contributed by atoms with Crippen molar-refractivity contribution in [1.82, 2.24) is 9.78 Å². The minimum atomic E-state index is -0.520. The van der Waals surface area contributed by atoms with Crippen LogP contribution in [0.3, 0.4) is 0 Å². The number of aromatic nitrogens is 2. The highest BCUT2D eigenvalue weighted by Crippen LogP contribution is 2.13. The van der Waals surface area contributed by atoms with Gasteiger partial charge in [0.1, 0.15) is 0 Å². The zero-order valence-electron chi connectivity index (χ0n) is 13.6. The highest BCUT2D eigenvalue weighted by Gasteiger charge is 2.11. The van der Waals surface area contributed by atoms with Gasteiger partial charge in [0, 0.05) is 16.9 Å². The predicted molar refractivity (Wildman–Crippen MR) is 97.5 cm³/mol. The van der Waals surface area contributed by atoms with Crippen molar-refractivity contribution in [2.24, 2.45) is 15.0 Å². The molecule has 0 atom stereocenters. The number of aryl methyl sites for hydroxylation is 1. The molecule has 1 aliphatic heterocycles. The molecule has 0 spiro atoms. The van der Waals surface area contributed by atoms with Crippen molar-refractivity contribution in [2.45, 2.75) is 6.92 Å². The van der Waals surface area contributed by atoms with Gasteiger partial charge < -0.3 is 0 Å². The van der Waals surface area contributed by atoms with Crippen molar-refractivity contribution in [3.8, 4) is 5.69 Å². The molecule has 7 nitrogen and oxygen atoms in total. The van der Waals surface area contributed by atoms with Gasteiger partial charge in [0.15, 0.2) is 0 Å². The minimum Gasteiger partial charge on any atom is -0.295 e. The molecular formula is C18H12ClN5O2. The summed E-state index contributed by atoms with van der Waals surface area (Å²) in [6.07, 6.45) is 1.50. The van der Waals surface area contributed by atoms with Crippen LogP contribution in [-0.2, 0) is 0 Å². The van der Waals surface area contributed by atoms with E-state index in [0.717, 1.165) is 0 Å². The zero-order chi connectivity index (χ0) is 18.3. The number of hydrogen-bond acceptors (Lipinski definition) is 3. The van der Waals surface area contributed by atoms with Gasteiger partial charge in [0.25, 0.3) is 5.56 Å². The lowest BCUT2D eigenvalue weighted by atomic mass is 10.2. The second-order valence-corrected chi connectivity index (χ2v) is 6.14. The molecule has 3 aromatic rings. The molecule has 0 saturated carbocycles. The summed E-state index contributed by atoms with van der Waals surface area (Å²) >= 11 is 5.89. The van der Waals surface area contributed by atoms with Crippen LogP contribution in [0.15, 0.2) is 62.2 Å². The first-order valence-electron chi connectivity index (χ1n) is 7.74. The molecule has 0 saturated heterocycles. The van der Waals surface area contributed by atoms with Gasteiger partial charge in [-0.1, -0.05) is 11.6 Å². The monoisotopic (exact) mass is 365 g/mol.